The van der Waals surface area contributed by atoms with E-state index in [9.17, 15) is 14.7 Å². The lowest BCUT2D eigenvalue weighted by atomic mass is 9.94. The first-order valence-corrected chi connectivity index (χ1v) is 11.2. The molecule has 34 heavy (non-hydrogen) atoms. The fourth-order valence-corrected chi connectivity index (χ4v) is 3.91. The summed E-state index contributed by atoms with van der Waals surface area (Å²) in [5, 5.41) is 11.3. The van der Waals surface area contributed by atoms with Crippen LogP contribution < -0.4 is 9.47 Å². The lowest BCUT2D eigenvalue weighted by Gasteiger charge is -2.25. The number of methoxy groups -OCH3 is 1. The van der Waals surface area contributed by atoms with Gasteiger partial charge < -0.3 is 24.2 Å². The Hall–Kier alpha value is -3.58. The molecule has 1 saturated heterocycles. The summed E-state index contributed by atoms with van der Waals surface area (Å²) in [4.78, 5) is 27.5. The van der Waals surface area contributed by atoms with E-state index in [2.05, 4.69) is 6.58 Å². The summed E-state index contributed by atoms with van der Waals surface area (Å²) in [6.45, 7) is 10.1. The molecule has 2 aromatic carbocycles. The molecule has 1 amide bonds. The van der Waals surface area contributed by atoms with Crippen LogP contribution in [0, 0.1) is 6.92 Å². The van der Waals surface area contributed by atoms with Crippen molar-refractivity contribution in [1.29, 1.82) is 0 Å². The first-order chi connectivity index (χ1) is 16.3. The highest BCUT2D eigenvalue weighted by atomic mass is 16.5. The van der Waals surface area contributed by atoms with Gasteiger partial charge in [-0.25, -0.2) is 0 Å². The second-order valence-corrected chi connectivity index (χ2v) is 8.30. The van der Waals surface area contributed by atoms with Gasteiger partial charge in [0.2, 0.25) is 0 Å². The number of nitrogens with zero attached hydrogens (tertiary/aromatic N) is 1. The van der Waals surface area contributed by atoms with Crippen LogP contribution >= 0.6 is 0 Å². The zero-order valence-electron chi connectivity index (χ0n) is 20.0. The number of aryl methyl sites for hydroxylation is 1. The molecule has 1 atom stereocenters. The third kappa shape index (κ3) is 5.31. The maximum atomic E-state index is 13.1. The zero-order chi connectivity index (χ0) is 24.8. The summed E-state index contributed by atoms with van der Waals surface area (Å²) >= 11 is 0. The van der Waals surface area contributed by atoms with Gasteiger partial charge in [-0.3, -0.25) is 9.59 Å². The average molecular weight is 466 g/mol. The number of hydrogen-bond acceptors (Lipinski definition) is 6. The van der Waals surface area contributed by atoms with Gasteiger partial charge >= 0.3 is 0 Å². The molecule has 1 N–H and O–H groups in total. The monoisotopic (exact) mass is 465 g/mol. The fourth-order valence-electron chi connectivity index (χ4n) is 3.91. The van der Waals surface area contributed by atoms with Gasteiger partial charge in [0.25, 0.3) is 11.7 Å². The van der Waals surface area contributed by atoms with Crippen LogP contribution in [0.3, 0.4) is 0 Å². The number of hydrogen-bond donors (Lipinski definition) is 1. The quantitative estimate of drug-likeness (QED) is 0.242. The second kappa shape index (κ2) is 11.0. The van der Waals surface area contributed by atoms with Crippen molar-refractivity contribution in [3.05, 3.63) is 77.4 Å². The van der Waals surface area contributed by atoms with Gasteiger partial charge in [-0.05, 0) is 62.2 Å². The lowest BCUT2D eigenvalue weighted by Crippen LogP contribution is -2.32. The first kappa shape index (κ1) is 25.1. The molecule has 1 fully saturated rings. The average Bonchev–Trinajstić information content (AvgIpc) is 3.07. The van der Waals surface area contributed by atoms with Crippen molar-refractivity contribution < 1.29 is 28.9 Å². The van der Waals surface area contributed by atoms with Crippen molar-refractivity contribution in [1.82, 2.24) is 4.90 Å². The van der Waals surface area contributed by atoms with Crippen molar-refractivity contribution in [3.63, 3.8) is 0 Å². The Morgan fingerprint density at radius 2 is 1.97 bits per heavy atom. The molecule has 3 rings (SSSR count). The van der Waals surface area contributed by atoms with Gasteiger partial charge in [0, 0.05) is 19.2 Å². The molecule has 1 heterocycles. The van der Waals surface area contributed by atoms with Crippen molar-refractivity contribution in [2.24, 2.45) is 0 Å². The standard InChI is InChI=1S/C27H31NO6/c1-6-13-33-21-9-7-8-19(16-21)24-23(26(30)27(31)28(24)12-14-32-5)25(29)20-10-11-22(18(4)15-20)34-17(2)3/h6-11,15-17,24,29H,1,12-14H2,2-5H3/b25-23+. The number of rotatable bonds is 10. The number of amides is 1. The molecular weight excluding hydrogens is 434 g/mol. The van der Waals surface area contributed by atoms with E-state index in [1.54, 1.807) is 48.5 Å². The maximum Gasteiger partial charge on any atom is 0.295 e. The lowest BCUT2D eigenvalue weighted by molar-refractivity contribution is -0.140. The van der Waals surface area contributed by atoms with Crippen LogP contribution in [0.15, 0.2) is 60.7 Å². The summed E-state index contributed by atoms with van der Waals surface area (Å²) in [5.74, 6) is -0.398. The van der Waals surface area contributed by atoms with Gasteiger partial charge in [-0.1, -0.05) is 24.8 Å². The summed E-state index contributed by atoms with van der Waals surface area (Å²) in [5.41, 5.74) is 1.92. The van der Waals surface area contributed by atoms with Crippen LogP contribution in [0.5, 0.6) is 11.5 Å². The van der Waals surface area contributed by atoms with Crippen molar-refractivity contribution in [2.45, 2.75) is 32.9 Å². The second-order valence-electron chi connectivity index (χ2n) is 8.30. The molecule has 0 radical (unpaired) electrons. The van der Waals surface area contributed by atoms with E-state index < -0.39 is 17.7 Å². The van der Waals surface area contributed by atoms with E-state index >= 15 is 0 Å². The maximum absolute atomic E-state index is 13.1. The summed E-state index contributed by atoms with van der Waals surface area (Å²) < 4.78 is 16.6. The van der Waals surface area contributed by atoms with Gasteiger partial charge in [0.15, 0.2) is 0 Å². The molecule has 7 nitrogen and oxygen atoms in total. The number of carbonyl (C=O) groups excluding carboxylic acids is 2. The van der Waals surface area contributed by atoms with Gasteiger partial charge in [0.1, 0.15) is 23.9 Å². The van der Waals surface area contributed by atoms with E-state index in [0.29, 0.717) is 29.2 Å². The van der Waals surface area contributed by atoms with Gasteiger partial charge in [-0.15, -0.1) is 0 Å². The Morgan fingerprint density at radius 1 is 1.21 bits per heavy atom. The number of ketones is 1. The number of aliphatic hydroxyl groups is 1. The topological polar surface area (TPSA) is 85.3 Å². The normalized spacial score (nSPS) is 17.3. The molecule has 0 saturated carbocycles. The molecule has 180 valence electrons. The predicted molar refractivity (Wildman–Crippen MR) is 130 cm³/mol. The van der Waals surface area contributed by atoms with Crippen LogP contribution in [0.4, 0.5) is 0 Å². The largest absolute Gasteiger partial charge is 0.507 e. The first-order valence-electron chi connectivity index (χ1n) is 11.2. The molecule has 0 aliphatic carbocycles. The SMILES string of the molecule is C=CCOc1cccc(C2/C(=C(\O)c3ccc(OC(C)C)c(C)c3)C(=O)C(=O)N2CCOC)c1. The van der Waals surface area contributed by atoms with Crippen molar-refractivity contribution in [2.75, 3.05) is 26.9 Å². The van der Waals surface area contributed by atoms with Gasteiger partial charge in [-0.2, -0.15) is 0 Å². The predicted octanol–water partition coefficient (Wildman–Crippen LogP) is 4.42. The van der Waals surface area contributed by atoms with Crippen LogP contribution in [-0.4, -0.2) is 54.7 Å². The minimum atomic E-state index is -0.783. The minimum Gasteiger partial charge on any atom is -0.507 e. The number of benzene rings is 2. The Labute approximate surface area is 200 Å². The van der Waals surface area contributed by atoms with Crippen LogP contribution in [0.1, 0.15) is 36.6 Å². The molecule has 0 bridgehead atoms. The van der Waals surface area contributed by atoms with Crippen molar-refractivity contribution in [3.8, 4) is 11.5 Å². The smallest absolute Gasteiger partial charge is 0.295 e. The van der Waals surface area contributed by atoms with Crippen molar-refractivity contribution >= 4 is 17.4 Å². The Morgan fingerprint density at radius 3 is 2.62 bits per heavy atom. The molecule has 1 aliphatic rings. The molecule has 0 spiro atoms. The van der Waals surface area contributed by atoms with Crippen LogP contribution in [0.2, 0.25) is 0 Å². The number of Topliss-reactive ketones (excluding diaryl/α,β-unsaturated/α-hetero) is 1. The molecule has 1 aliphatic heterocycles. The summed E-state index contributed by atoms with van der Waals surface area (Å²) in [6, 6.07) is 11.5. The summed E-state index contributed by atoms with van der Waals surface area (Å²) in [7, 11) is 1.53. The highest BCUT2D eigenvalue weighted by Gasteiger charge is 2.46. The van der Waals surface area contributed by atoms with Crippen LogP contribution in [0.25, 0.3) is 5.76 Å². The Kier molecular flexibility index (Phi) is 8.12. The van der Waals surface area contributed by atoms with Gasteiger partial charge in [0.05, 0.1) is 24.3 Å². The van der Waals surface area contributed by atoms with E-state index in [-0.39, 0.29) is 30.6 Å². The third-order valence-corrected chi connectivity index (χ3v) is 5.43. The van der Waals surface area contributed by atoms with E-state index in [0.717, 1.165) is 5.56 Å². The van der Waals surface area contributed by atoms with Crippen LogP contribution in [-0.2, 0) is 14.3 Å². The highest BCUT2D eigenvalue weighted by molar-refractivity contribution is 6.46. The minimum absolute atomic E-state index is 0.000147. The molecular formula is C27H31NO6. The number of ether oxygens (including phenoxy) is 3. The fraction of sp³-hybridized carbons (Fsp3) is 0.333. The number of carbonyl (C=O) groups is 2. The number of likely N-dealkylation sites (tertiary alicyclic amines) is 1. The Balaban J connectivity index is 2.11. The zero-order valence-corrected chi connectivity index (χ0v) is 20.0. The van der Waals surface area contributed by atoms with E-state index in [1.165, 1.54) is 12.0 Å². The Bertz CT molecular complexity index is 1100. The third-order valence-electron chi connectivity index (χ3n) is 5.43. The van der Waals surface area contributed by atoms with E-state index in [1.807, 2.05) is 20.8 Å². The summed E-state index contributed by atoms with van der Waals surface area (Å²) in [6.07, 6.45) is 1.63. The molecule has 7 heteroatoms. The molecule has 2 aromatic rings. The number of aliphatic hydroxyl groups excluding tert-OH is 1. The molecule has 0 aromatic heterocycles. The highest BCUT2D eigenvalue weighted by Crippen LogP contribution is 2.40. The van der Waals surface area contributed by atoms with E-state index in [4.69, 9.17) is 14.2 Å². The molecule has 1 unspecified atom stereocenters.